The Hall–Kier alpha value is -2.46. The van der Waals surface area contributed by atoms with E-state index in [9.17, 15) is 43.2 Å². The van der Waals surface area contributed by atoms with Gasteiger partial charge in [0.1, 0.15) is 19.3 Å². The van der Waals surface area contributed by atoms with Crippen molar-refractivity contribution in [2.24, 2.45) is 11.8 Å². The van der Waals surface area contributed by atoms with Crippen molar-refractivity contribution in [1.82, 2.24) is 0 Å². The Morgan fingerprint density at radius 2 is 0.628 bits per heavy atom. The molecule has 19 heteroatoms. The number of esters is 4. The van der Waals surface area contributed by atoms with Gasteiger partial charge in [-0.25, -0.2) is 9.13 Å². The van der Waals surface area contributed by atoms with Crippen LogP contribution in [0.3, 0.4) is 0 Å². The van der Waals surface area contributed by atoms with Crippen LogP contribution in [0.1, 0.15) is 363 Å². The summed E-state index contributed by atoms with van der Waals surface area (Å²) in [6, 6.07) is 0. The van der Waals surface area contributed by atoms with E-state index in [0.29, 0.717) is 25.7 Å². The number of hydrogen-bond donors (Lipinski definition) is 3. The van der Waals surface area contributed by atoms with Crippen LogP contribution in [0.4, 0.5) is 0 Å². The van der Waals surface area contributed by atoms with Gasteiger partial charge in [-0.15, -0.1) is 0 Å². The molecule has 0 aromatic heterocycles. The minimum Gasteiger partial charge on any atom is -0.462 e. The average Bonchev–Trinajstić information content (AvgIpc) is 2.06. The van der Waals surface area contributed by atoms with Gasteiger partial charge < -0.3 is 33.8 Å². The summed E-state index contributed by atoms with van der Waals surface area (Å²) in [6.07, 6.45) is 56.2. The molecule has 94 heavy (non-hydrogen) atoms. The Morgan fingerprint density at radius 3 is 0.957 bits per heavy atom. The normalized spacial score (nSPS) is 14.5. The van der Waals surface area contributed by atoms with Crippen LogP contribution < -0.4 is 0 Å². The molecule has 0 aromatic rings. The number of carbonyl (C=O) groups is 4. The summed E-state index contributed by atoms with van der Waals surface area (Å²) >= 11 is 0. The monoisotopic (exact) mass is 1380 g/mol. The summed E-state index contributed by atoms with van der Waals surface area (Å²) in [5, 5.41) is 10.6. The first-order valence-electron chi connectivity index (χ1n) is 38.3. The summed E-state index contributed by atoms with van der Waals surface area (Å²) in [5.74, 6) is -0.637. The zero-order valence-electron chi connectivity index (χ0n) is 60.7. The highest BCUT2D eigenvalue weighted by molar-refractivity contribution is 7.47. The molecule has 0 amide bonds. The Morgan fingerprint density at radius 1 is 0.351 bits per heavy atom. The molecule has 3 unspecified atom stereocenters. The molecule has 0 radical (unpaired) electrons. The lowest BCUT2D eigenvalue weighted by atomic mass is 9.99. The van der Waals surface area contributed by atoms with Crippen molar-refractivity contribution >= 4 is 39.5 Å². The molecule has 0 rings (SSSR count). The molecule has 0 aliphatic rings. The molecular formula is C75H142O17P2. The van der Waals surface area contributed by atoms with Crippen molar-refractivity contribution in [1.29, 1.82) is 0 Å². The van der Waals surface area contributed by atoms with Crippen LogP contribution in [0.25, 0.3) is 0 Å². The highest BCUT2D eigenvalue weighted by atomic mass is 31.2. The molecule has 0 saturated heterocycles. The number of aliphatic hydroxyl groups is 1. The van der Waals surface area contributed by atoms with Crippen LogP contribution in [0.5, 0.6) is 0 Å². The number of carbonyl (C=O) groups excluding carboxylic acids is 4. The van der Waals surface area contributed by atoms with E-state index in [1.807, 2.05) is 0 Å². The molecule has 0 spiro atoms. The highest BCUT2D eigenvalue weighted by Gasteiger charge is 2.30. The summed E-state index contributed by atoms with van der Waals surface area (Å²) in [7, 11) is -9.92. The summed E-state index contributed by atoms with van der Waals surface area (Å²) < 4.78 is 68.5. The predicted molar refractivity (Wildman–Crippen MR) is 381 cm³/mol. The Labute approximate surface area is 573 Å². The van der Waals surface area contributed by atoms with E-state index in [4.69, 9.17) is 37.0 Å². The second kappa shape index (κ2) is 66.4. The third-order valence-corrected chi connectivity index (χ3v) is 19.1. The lowest BCUT2D eigenvalue weighted by Gasteiger charge is -2.21. The lowest BCUT2D eigenvalue weighted by molar-refractivity contribution is -0.161. The third kappa shape index (κ3) is 66.8. The topological polar surface area (TPSA) is 237 Å². The van der Waals surface area contributed by atoms with E-state index in [0.717, 1.165) is 115 Å². The summed E-state index contributed by atoms with van der Waals surface area (Å²) in [4.78, 5) is 72.8. The van der Waals surface area contributed by atoms with E-state index in [1.54, 1.807) is 0 Å². The molecule has 0 aliphatic carbocycles. The van der Waals surface area contributed by atoms with Gasteiger partial charge in [-0.3, -0.25) is 37.3 Å². The van der Waals surface area contributed by atoms with Crippen LogP contribution >= 0.6 is 15.6 Å². The Kier molecular flexibility index (Phi) is 64.7. The van der Waals surface area contributed by atoms with Crippen LogP contribution in [-0.2, 0) is 65.4 Å². The van der Waals surface area contributed by atoms with Gasteiger partial charge >= 0.3 is 39.5 Å². The number of unbranched alkanes of at least 4 members (excludes halogenated alkanes) is 38. The van der Waals surface area contributed by atoms with Crippen LogP contribution in [0.2, 0.25) is 0 Å². The summed E-state index contributed by atoms with van der Waals surface area (Å²) in [6.45, 7) is 9.50. The molecule has 0 bridgehead atoms. The first-order valence-corrected chi connectivity index (χ1v) is 41.3. The second-order valence-corrected chi connectivity index (χ2v) is 30.0. The predicted octanol–water partition coefficient (Wildman–Crippen LogP) is 21.5. The van der Waals surface area contributed by atoms with Crippen molar-refractivity contribution in [2.45, 2.75) is 381 Å². The number of phosphoric ester groups is 2. The van der Waals surface area contributed by atoms with Crippen LogP contribution in [-0.4, -0.2) is 96.7 Å². The van der Waals surface area contributed by atoms with Gasteiger partial charge in [0, 0.05) is 25.7 Å². The number of rotatable bonds is 72. The fourth-order valence-electron chi connectivity index (χ4n) is 10.9. The fourth-order valence-corrected chi connectivity index (χ4v) is 12.5. The van der Waals surface area contributed by atoms with E-state index in [-0.39, 0.29) is 25.7 Å². The van der Waals surface area contributed by atoms with E-state index in [2.05, 4.69) is 65.8 Å². The third-order valence-electron chi connectivity index (χ3n) is 17.2. The SMILES string of the molecule is CCCCCC/C=C\C=C/CCCCCCCC(=O)O[C@H](COC(=O)CCCCCCCCCCCCCCCCC)COP(=O)(O)OC[C@@H](O)COP(=O)(O)OC[C@@H](COC(=O)CCCCCCCCCCC(C)CC)OC(=O)CCCCCCCCCCCC(C)C. The second-order valence-electron chi connectivity index (χ2n) is 27.1. The molecule has 17 nitrogen and oxygen atoms in total. The van der Waals surface area contributed by atoms with Gasteiger partial charge in [-0.2, -0.15) is 0 Å². The van der Waals surface area contributed by atoms with Gasteiger partial charge in [-0.05, 0) is 63.2 Å². The minimum absolute atomic E-state index is 0.0853. The molecule has 0 fully saturated rings. The average molecular weight is 1380 g/mol. The Balaban J connectivity index is 5.30. The van der Waals surface area contributed by atoms with Crippen molar-refractivity contribution in [3.63, 3.8) is 0 Å². The highest BCUT2D eigenvalue weighted by Crippen LogP contribution is 2.45. The standard InChI is InChI=1S/C75H142O17P2/c1-7-10-12-14-16-18-20-22-24-26-28-32-39-45-51-57-72(77)85-63-70(91-74(79)59-53-47-41-33-29-27-25-23-21-19-17-15-13-11-8-2)65-89-93(81,82)87-61-69(76)62-88-94(83,84)90-66-71(92-75(80)60-54-48-42-34-30-31-37-43-49-55-67(4)5)64-86-73(78)58-52-46-40-36-35-38-44-50-56-68(6)9-3/h19,21,23,25,67-71,76H,7-18,20,22,24,26-66H2,1-6H3,(H,81,82)(H,83,84)/b21-19-,25-23-/t68?,69-,70-,71-/m1/s1. The Bertz CT molecular complexity index is 1920. The largest absolute Gasteiger partial charge is 0.472 e. The smallest absolute Gasteiger partial charge is 0.462 e. The number of hydrogen-bond acceptors (Lipinski definition) is 15. The van der Waals surface area contributed by atoms with Gasteiger partial charge in [-0.1, -0.05) is 310 Å². The number of ether oxygens (including phenoxy) is 4. The zero-order chi connectivity index (χ0) is 69.3. The molecule has 0 saturated carbocycles. The number of phosphoric acid groups is 2. The number of allylic oxidation sites excluding steroid dienone is 4. The van der Waals surface area contributed by atoms with E-state index >= 15 is 0 Å². The molecule has 6 atom stereocenters. The van der Waals surface area contributed by atoms with Crippen molar-refractivity contribution in [3.05, 3.63) is 24.3 Å². The first-order chi connectivity index (χ1) is 45.4. The molecule has 3 N–H and O–H groups in total. The molecule has 0 heterocycles. The van der Waals surface area contributed by atoms with Crippen LogP contribution in [0.15, 0.2) is 24.3 Å². The van der Waals surface area contributed by atoms with Gasteiger partial charge in [0.2, 0.25) is 0 Å². The molecular weight excluding hydrogens is 1230 g/mol. The van der Waals surface area contributed by atoms with E-state index < -0.39 is 97.5 Å². The van der Waals surface area contributed by atoms with Crippen LogP contribution in [0, 0.1) is 11.8 Å². The maximum Gasteiger partial charge on any atom is 0.472 e. The molecule has 0 aliphatic heterocycles. The van der Waals surface area contributed by atoms with Gasteiger partial charge in [0.25, 0.3) is 0 Å². The maximum atomic E-state index is 13.1. The molecule has 0 aromatic carbocycles. The first kappa shape index (κ1) is 91.5. The van der Waals surface area contributed by atoms with Crippen molar-refractivity contribution < 1.29 is 80.2 Å². The minimum atomic E-state index is -4.96. The number of aliphatic hydroxyl groups excluding tert-OH is 1. The fraction of sp³-hybridized carbons (Fsp3) is 0.893. The van der Waals surface area contributed by atoms with Gasteiger partial charge in [0.15, 0.2) is 12.2 Å². The zero-order valence-corrected chi connectivity index (χ0v) is 62.5. The van der Waals surface area contributed by atoms with Gasteiger partial charge in [0.05, 0.1) is 26.4 Å². The summed E-state index contributed by atoms with van der Waals surface area (Å²) in [5.41, 5.74) is 0. The van der Waals surface area contributed by atoms with Crippen molar-refractivity contribution in [3.8, 4) is 0 Å². The lowest BCUT2D eigenvalue weighted by Crippen LogP contribution is -2.30. The van der Waals surface area contributed by atoms with Crippen molar-refractivity contribution in [2.75, 3.05) is 39.6 Å². The van der Waals surface area contributed by atoms with E-state index in [1.165, 1.54) is 167 Å². The molecule has 554 valence electrons. The maximum absolute atomic E-state index is 13.1. The quantitative estimate of drug-likeness (QED) is 0.0169.